The number of hydrogen-bond donors (Lipinski definition) is 2. The Hall–Kier alpha value is -2.63. The summed E-state index contributed by atoms with van der Waals surface area (Å²) < 4.78 is 0. The summed E-state index contributed by atoms with van der Waals surface area (Å²) in [6.07, 6.45) is 7.56. The average molecular weight is 295 g/mol. The van der Waals surface area contributed by atoms with E-state index in [0.717, 1.165) is 17.2 Å². The van der Waals surface area contributed by atoms with E-state index >= 15 is 0 Å². The zero-order chi connectivity index (χ0) is 14.8. The molecule has 2 N–H and O–H groups in total. The third kappa shape index (κ3) is 2.86. The Morgan fingerprint density at radius 3 is 2.77 bits per heavy atom. The van der Waals surface area contributed by atoms with E-state index in [1.54, 1.807) is 18.6 Å². The van der Waals surface area contributed by atoms with Crippen molar-refractivity contribution in [3.05, 3.63) is 54.0 Å². The van der Waals surface area contributed by atoms with Crippen molar-refractivity contribution in [3.63, 3.8) is 0 Å². The van der Waals surface area contributed by atoms with Crippen molar-refractivity contribution in [2.24, 2.45) is 11.1 Å². The summed E-state index contributed by atoms with van der Waals surface area (Å²) in [6, 6.07) is 8.26. The van der Waals surface area contributed by atoms with E-state index in [1.807, 2.05) is 0 Å². The fourth-order valence-corrected chi connectivity index (χ4v) is 2.40. The highest BCUT2D eigenvalue weighted by Gasteiger charge is 2.36. The van der Waals surface area contributed by atoms with Gasteiger partial charge >= 0.3 is 0 Å². The number of nitrogens with zero attached hydrogens (tertiary/aromatic N) is 3. The van der Waals surface area contributed by atoms with Crippen molar-refractivity contribution in [3.8, 4) is 0 Å². The van der Waals surface area contributed by atoms with E-state index in [4.69, 9.17) is 4.84 Å². The molecule has 1 aliphatic carbocycles. The zero-order valence-corrected chi connectivity index (χ0v) is 12.1. The Balaban J connectivity index is 1.36. The number of benzene rings is 1. The molecule has 2 heterocycles. The van der Waals surface area contributed by atoms with E-state index < -0.39 is 0 Å². The summed E-state index contributed by atoms with van der Waals surface area (Å²) in [6.45, 7) is 0.708. The van der Waals surface area contributed by atoms with Crippen LogP contribution in [-0.4, -0.2) is 22.0 Å². The summed E-state index contributed by atoms with van der Waals surface area (Å²) in [5, 5.41) is 10.7. The largest absolute Gasteiger partial charge is 0.368 e. The minimum absolute atomic E-state index is 0.0630. The highest BCUT2D eigenvalue weighted by atomic mass is 16.7. The summed E-state index contributed by atoms with van der Waals surface area (Å²) in [5.74, 6) is 2.22. The predicted octanol–water partition coefficient (Wildman–Crippen LogP) is 2.11. The first-order valence-electron chi connectivity index (χ1n) is 7.48. The predicted molar refractivity (Wildman–Crippen MR) is 83.1 cm³/mol. The first-order valence-corrected chi connectivity index (χ1v) is 7.48. The van der Waals surface area contributed by atoms with Crippen molar-refractivity contribution in [2.45, 2.75) is 25.6 Å². The van der Waals surface area contributed by atoms with Gasteiger partial charge < -0.3 is 15.5 Å². The molecule has 1 fully saturated rings. The van der Waals surface area contributed by atoms with E-state index in [9.17, 15) is 0 Å². The smallest absolute Gasteiger partial charge is 0.201 e. The van der Waals surface area contributed by atoms with Crippen LogP contribution in [0.2, 0.25) is 0 Å². The molecule has 1 atom stereocenters. The topological polar surface area (TPSA) is 71.4 Å². The molecule has 0 amide bonds. The van der Waals surface area contributed by atoms with Gasteiger partial charge in [0.05, 0.1) is 6.20 Å². The van der Waals surface area contributed by atoms with Gasteiger partial charge in [-0.2, -0.15) is 0 Å². The van der Waals surface area contributed by atoms with Gasteiger partial charge in [-0.1, -0.05) is 29.4 Å². The van der Waals surface area contributed by atoms with Crippen LogP contribution in [0.5, 0.6) is 0 Å². The molecule has 0 saturated heterocycles. The summed E-state index contributed by atoms with van der Waals surface area (Å²) in [4.78, 5) is 13.6. The number of oxime groups is 1. The van der Waals surface area contributed by atoms with Crippen LogP contribution in [0.3, 0.4) is 0 Å². The fourth-order valence-electron chi connectivity index (χ4n) is 2.40. The van der Waals surface area contributed by atoms with Crippen molar-refractivity contribution < 1.29 is 4.84 Å². The molecule has 1 saturated carbocycles. The molecule has 0 bridgehead atoms. The quantitative estimate of drug-likeness (QED) is 0.884. The van der Waals surface area contributed by atoms with Gasteiger partial charge in [-0.15, -0.1) is 0 Å². The van der Waals surface area contributed by atoms with Crippen LogP contribution in [0.15, 0.2) is 48.0 Å². The number of aromatic nitrogens is 2. The fraction of sp³-hybridized carbons (Fsp3) is 0.312. The highest BCUT2D eigenvalue weighted by Crippen LogP contribution is 2.34. The number of amidine groups is 1. The maximum Gasteiger partial charge on any atom is 0.201 e. The van der Waals surface area contributed by atoms with Gasteiger partial charge in [-0.25, -0.2) is 4.98 Å². The molecule has 1 unspecified atom stereocenters. The van der Waals surface area contributed by atoms with Crippen molar-refractivity contribution >= 4 is 11.7 Å². The lowest BCUT2D eigenvalue weighted by Gasteiger charge is -2.08. The molecule has 6 nitrogen and oxygen atoms in total. The number of hydrogen-bond acceptors (Lipinski definition) is 6. The number of nitrogens with one attached hydrogen (secondary N) is 2. The first kappa shape index (κ1) is 13.1. The summed E-state index contributed by atoms with van der Waals surface area (Å²) in [7, 11) is 0. The molecule has 0 spiro atoms. The second-order valence-electron chi connectivity index (χ2n) is 5.59. The third-order valence-corrected chi connectivity index (χ3v) is 3.85. The van der Waals surface area contributed by atoms with Gasteiger partial charge in [0.2, 0.25) is 6.23 Å². The Morgan fingerprint density at radius 1 is 1.18 bits per heavy atom. The normalized spacial score (nSPS) is 20.0. The second kappa shape index (κ2) is 5.63. The lowest BCUT2D eigenvalue weighted by atomic mass is 10.1. The molecule has 0 radical (unpaired) electrons. The highest BCUT2D eigenvalue weighted by molar-refractivity contribution is 5.99. The average Bonchev–Trinajstić information content (AvgIpc) is 3.32. The molecular formula is C16H17N5O. The van der Waals surface area contributed by atoms with Crippen molar-refractivity contribution in [1.29, 1.82) is 0 Å². The Morgan fingerprint density at radius 2 is 2.05 bits per heavy atom. The summed E-state index contributed by atoms with van der Waals surface area (Å²) >= 11 is 0. The van der Waals surface area contributed by atoms with Crippen molar-refractivity contribution in [1.82, 2.24) is 15.3 Å². The van der Waals surface area contributed by atoms with Crippen LogP contribution in [0, 0.1) is 5.92 Å². The van der Waals surface area contributed by atoms with Gasteiger partial charge in [0.15, 0.2) is 5.84 Å². The monoisotopic (exact) mass is 295 g/mol. The maximum atomic E-state index is 5.43. The van der Waals surface area contributed by atoms with Gasteiger partial charge in [-0.05, 0) is 18.4 Å². The van der Waals surface area contributed by atoms with E-state index in [2.05, 4.69) is 50.0 Å². The Bertz CT molecular complexity index is 667. The molecule has 1 aromatic carbocycles. The molecule has 112 valence electrons. The van der Waals surface area contributed by atoms with Crippen LogP contribution >= 0.6 is 0 Å². The molecule has 2 aliphatic rings. The molecule has 2 aromatic rings. The molecule has 1 aromatic heterocycles. The third-order valence-electron chi connectivity index (χ3n) is 3.85. The molecule has 1 aliphatic heterocycles. The van der Waals surface area contributed by atoms with Gasteiger partial charge in [-0.3, -0.25) is 4.98 Å². The van der Waals surface area contributed by atoms with Crippen LogP contribution < -0.4 is 10.6 Å². The van der Waals surface area contributed by atoms with Crippen LogP contribution in [0.25, 0.3) is 0 Å². The minimum atomic E-state index is 0.0630. The van der Waals surface area contributed by atoms with Gasteiger partial charge in [0.1, 0.15) is 5.82 Å². The zero-order valence-electron chi connectivity index (χ0n) is 12.1. The van der Waals surface area contributed by atoms with E-state index in [1.165, 1.54) is 18.4 Å². The number of rotatable bonds is 5. The van der Waals surface area contributed by atoms with Crippen LogP contribution in [-0.2, 0) is 11.4 Å². The SMILES string of the molecule is c1cnc(NCc2ccc(C3=NOC(C4CC4)N3)cc2)cn1. The van der Waals surface area contributed by atoms with Crippen LogP contribution in [0.4, 0.5) is 5.82 Å². The van der Waals surface area contributed by atoms with Gasteiger partial charge in [0, 0.05) is 30.4 Å². The summed E-state index contributed by atoms with van der Waals surface area (Å²) in [5.41, 5.74) is 2.22. The minimum Gasteiger partial charge on any atom is -0.368 e. The second-order valence-corrected chi connectivity index (χ2v) is 5.59. The lowest BCUT2D eigenvalue weighted by molar-refractivity contribution is 0.0567. The lowest BCUT2D eigenvalue weighted by Crippen LogP contribution is -2.31. The molecular weight excluding hydrogens is 278 g/mol. The standard InChI is InChI=1S/C16H17N5O/c1-3-12(15-20-16(22-21-15)13-5-6-13)4-2-11(1)9-19-14-10-17-7-8-18-14/h1-4,7-8,10,13,16H,5-6,9H2,(H,18,19)(H,20,21). The van der Waals surface area contributed by atoms with Gasteiger partial charge in [0.25, 0.3) is 0 Å². The molecule has 4 rings (SSSR count). The maximum absolute atomic E-state index is 5.43. The van der Waals surface area contributed by atoms with Crippen molar-refractivity contribution in [2.75, 3.05) is 5.32 Å². The number of anilines is 1. The van der Waals surface area contributed by atoms with E-state index in [-0.39, 0.29) is 6.23 Å². The van der Waals surface area contributed by atoms with Crippen LogP contribution in [0.1, 0.15) is 24.0 Å². The Kier molecular flexibility index (Phi) is 3.34. The Labute approximate surface area is 128 Å². The molecule has 6 heteroatoms. The molecule has 22 heavy (non-hydrogen) atoms. The van der Waals surface area contributed by atoms with E-state index in [0.29, 0.717) is 12.5 Å². The first-order chi connectivity index (χ1) is 10.9.